The van der Waals surface area contributed by atoms with E-state index in [4.69, 9.17) is 0 Å². The van der Waals surface area contributed by atoms with Crippen LogP contribution in [0.15, 0.2) is 42.6 Å². The number of hydrogen-bond acceptors (Lipinski definition) is 3. The number of aromatic carboxylic acids is 1. The summed E-state index contributed by atoms with van der Waals surface area (Å²) in [7, 11) is 0. The van der Waals surface area contributed by atoms with E-state index < -0.39 is 5.97 Å². The second-order valence-electron chi connectivity index (χ2n) is 5.79. The van der Waals surface area contributed by atoms with E-state index in [-0.39, 0.29) is 0 Å². The van der Waals surface area contributed by atoms with E-state index in [1.807, 2.05) is 0 Å². The fourth-order valence-corrected chi connectivity index (χ4v) is 3.28. The Morgan fingerprint density at radius 2 is 2.14 bits per heavy atom. The summed E-state index contributed by atoms with van der Waals surface area (Å²) in [5, 5.41) is 9.31. The summed E-state index contributed by atoms with van der Waals surface area (Å²) in [6.45, 7) is 3.70. The van der Waals surface area contributed by atoms with Gasteiger partial charge in [0.05, 0.1) is 11.3 Å². The number of likely N-dealkylation sites (tertiary alicyclic amines) is 1. The molecule has 0 aliphatic carbocycles. The lowest BCUT2D eigenvalue weighted by molar-refractivity contribution is 0.0693. The van der Waals surface area contributed by atoms with Crippen LogP contribution in [-0.4, -0.2) is 27.5 Å². The molecule has 1 aliphatic rings. The van der Waals surface area contributed by atoms with Crippen molar-refractivity contribution in [1.29, 1.82) is 0 Å². The normalized spacial score (nSPS) is 18.5. The van der Waals surface area contributed by atoms with Gasteiger partial charge < -0.3 is 5.11 Å². The molecule has 1 atom stereocenters. The minimum Gasteiger partial charge on any atom is -0.478 e. The first kappa shape index (κ1) is 14.7. The topological polar surface area (TPSA) is 53.4 Å². The number of carboxylic acid groups (broad SMARTS) is 1. The van der Waals surface area contributed by atoms with Crippen LogP contribution in [0.5, 0.6) is 0 Å². The van der Waals surface area contributed by atoms with Crippen LogP contribution >= 0.6 is 0 Å². The van der Waals surface area contributed by atoms with Crippen LogP contribution in [0, 0.1) is 6.92 Å². The number of aryl methyl sites for hydroxylation is 1. The van der Waals surface area contributed by atoms with Gasteiger partial charge in [-0.05, 0) is 49.6 Å². The Balaban J connectivity index is 1.86. The standard InChI is InChI=1S/C18H20N2O2/c1-13-6-2-3-7-14(13)17-9-5-11-20(17)12-16-15(18(21)22)8-4-10-19-16/h2-4,6-8,10,17H,5,9,11-12H2,1H3,(H,21,22)/t17-/m0/s1. The van der Waals surface area contributed by atoms with Gasteiger partial charge in [0.1, 0.15) is 0 Å². The molecule has 22 heavy (non-hydrogen) atoms. The van der Waals surface area contributed by atoms with Crippen LogP contribution in [-0.2, 0) is 6.54 Å². The maximum Gasteiger partial charge on any atom is 0.337 e. The van der Waals surface area contributed by atoms with Crippen LogP contribution in [0.25, 0.3) is 0 Å². The highest BCUT2D eigenvalue weighted by atomic mass is 16.4. The number of aromatic nitrogens is 1. The third-order valence-electron chi connectivity index (χ3n) is 4.38. The van der Waals surface area contributed by atoms with Crippen molar-refractivity contribution in [1.82, 2.24) is 9.88 Å². The molecule has 1 saturated heterocycles. The van der Waals surface area contributed by atoms with Gasteiger partial charge in [-0.2, -0.15) is 0 Å². The molecule has 2 aromatic rings. The zero-order valence-electron chi connectivity index (χ0n) is 12.7. The first-order valence-corrected chi connectivity index (χ1v) is 7.63. The number of nitrogens with zero attached hydrogens (tertiary/aromatic N) is 2. The summed E-state index contributed by atoms with van der Waals surface area (Å²) in [5.41, 5.74) is 3.58. The molecular formula is C18H20N2O2. The van der Waals surface area contributed by atoms with E-state index in [0.29, 0.717) is 23.8 Å². The van der Waals surface area contributed by atoms with Crippen molar-refractivity contribution in [3.63, 3.8) is 0 Å². The van der Waals surface area contributed by atoms with Gasteiger partial charge in [0.25, 0.3) is 0 Å². The molecule has 1 aliphatic heterocycles. The smallest absolute Gasteiger partial charge is 0.337 e. The summed E-state index contributed by atoms with van der Waals surface area (Å²) >= 11 is 0. The highest BCUT2D eigenvalue weighted by Crippen LogP contribution is 2.34. The number of rotatable bonds is 4. The minimum absolute atomic E-state index is 0.304. The molecule has 1 N–H and O–H groups in total. The Morgan fingerprint density at radius 1 is 1.32 bits per heavy atom. The summed E-state index contributed by atoms with van der Waals surface area (Å²) in [5.74, 6) is -0.908. The zero-order chi connectivity index (χ0) is 15.5. The van der Waals surface area contributed by atoms with Crippen molar-refractivity contribution in [2.24, 2.45) is 0 Å². The molecular weight excluding hydrogens is 276 g/mol. The van der Waals surface area contributed by atoms with Crippen LogP contribution in [0.1, 0.15) is 46.1 Å². The highest BCUT2D eigenvalue weighted by molar-refractivity contribution is 5.88. The average molecular weight is 296 g/mol. The van der Waals surface area contributed by atoms with Crippen LogP contribution < -0.4 is 0 Å². The van der Waals surface area contributed by atoms with Gasteiger partial charge in [0.2, 0.25) is 0 Å². The number of carbonyl (C=O) groups is 1. The predicted octanol–water partition coefficient (Wildman–Crippen LogP) is 3.43. The van der Waals surface area contributed by atoms with Gasteiger partial charge in [-0.1, -0.05) is 24.3 Å². The Morgan fingerprint density at radius 3 is 2.91 bits per heavy atom. The van der Waals surface area contributed by atoms with E-state index >= 15 is 0 Å². The molecule has 3 rings (SSSR count). The first-order valence-electron chi connectivity index (χ1n) is 7.63. The van der Waals surface area contributed by atoms with Gasteiger partial charge in [-0.3, -0.25) is 9.88 Å². The molecule has 0 bridgehead atoms. The molecule has 0 spiro atoms. The Kier molecular flexibility index (Phi) is 4.20. The third-order valence-corrected chi connectivity index (χ3v) is 4.38. The molecule has 0 unspecified atom stereocenters. The summed E-state index contributed by atoms with van der Waals surface area (Å²) in [4.78, 5) is 18.0. The number of carboxylic acids is 1. The van der Waals surface area contributed by atoms with Crippen molar-refractivity contribution in [2.75, 3.05) is 6.54 Å². The molecule has 114 valence electrons. The fraction of sp³-hybridized carbons (Fsp3) is 0.333. The summed E-state index contributed by atoms with van der Waals surface area (Å²) < 4.78 is 0. The van der Waals surface area contributed by atoms with E-state index in [1.165, 1.54) is 11.1 Å². The molecule has 2 heterocycles. The van der Waals surface area contributed by atoms with Crippen LogP contribution in [0.4, 0.5) is 0 Å². The van der Waals surface area contributed by atoms with Gasteiger partial charge in [-0.25, -0.2) is 4.79 Å². The third kappa shape index (κ3) is 2.88. The predicted molar refractivity (Wildman–Crippen MR) is 84.8 cm³/mol. The highest BCUT2D eigenvalue weighted by Gasteiger charge is 2.28. The van der Waals surface area contributed by atoms with Gasteiger partial charge in [0, 0.05) is 18.8 Å². The van der Waals surface area contributed by atoms with E-state index in [2.05, 4.69) is 41.1 Å². The average Bonchev–Trinajstić information content (AvgIpc) is 2.96. The molecule has 0 amide bonds. The fourth-order valence-electron chi connectivity index (χ4n) is 3.28. The van der Waals surface area contributed by atoms with E-state index in [1.54, 1.807) is 18.3 Å². The van der Waals surface area contributed by atoms with Gasteiger partial charge in [0.15, 0.2) is 0 Å². The van der Waals surface area contributed by atoms with E-state index in [0.717, 1.165) is 19.4 Å². The van der Waals surface area contributed by atoms with Crippen molar-refractivity contribution in [3.05, 3.63) is 65.0 Å². The number of hydrogen-bond donors (Lipinski definition) is 1. The van der Waals surface area contributed by atoms with Crippen molar-refractivity contribution in [3.8, 4) is 0 Å². The maximum atomic E-state index is 11.3. The second-order valence-corrected chi connectivity index (χ2v) is 5.79. The van der Waals surface area contributed by atoms with Crippen molar-refractivity contribution >= 4 is 5.97 Å². The minimum atomic E-state index is -0.908. The van der Waals surface area contributed by atoms with Gasteiger partial charge in [-0.15, -0.1) is 0 Å². The lowest BCUT2D eigenvalue weighted by Crippen LogP contribution is -2.25. The molecule has 1 aromatic carbocycles. The zero-order valence-corrected chi connectivity index (χ0v) is 12.7. The first-order chi connectivity index (χ1) is 10.7. The maximum absolute atomic E-state index is 11.3. The second kappa shape index (κ2) is 6.28. The van der Waals surface area contributed by atoms with Gasteiger partial charge >= 0.3 is 5.97 Å². The molecule has 4 heteroatoms. The van der Waals surface area contributed by atoms with Crippen LogP contribution in [0.2, 0.25) is 0 Å². The Hall–Kier alpha value is -2.20. The number of benzene rings is 1. The molecule has 1 fully saturated rings. The SMILES string of the molecule is Cc1ccccc1[C@@H]1CCCN1Cc1ncccc1C(=O)O. The monoisotopic (exact) mass is 296 g/mol. The van der Waals surface area contributed by atoms with Crippen LogP contribution in [0.3, 0.4) is 0 Å². The lowest BCUT2D eigenvalue weighted by Gasteiger charge is -2.26. The quantitative estimate of drug-likeness (QED) is 0.939. The molecule has 0 saturated carbocycles. The van der Waals surface area contributed by atoms with Crippen molar-refractivity contribution < 1.29 is 9.90 Å². The Labute approximate surface area is 130 Å². The molecule has 4 nitrogen and oxygen atoms in total. The summed E-state index contributed by atoms with van der Waals surface area (Å²) in [6.07, 6.45) is 3.91. The molecule has 1 aromatic heterocycles. The largest absolute Gasteiger partial charge is 0.478 e. The van der Waals surface area contributed by atoms with Crippen molar-refractivity contribution in [2.45, 2.75) is 32.4 Å². The summed E-state index contributed by atoms with van der Waals surface area (Å²) in [6, 6.07) is 12.1. The molecule has 0 radical (unpaired) electrons. The Bertz CT molecular complexity index is 684. The lowest BCUT2D eigenvalue weighted by atomic mass is 9.99. The van der Waals surface area contributed by atoms with E-state index in [9.17, 15) is 9.90 Å². The number of pyridine rings is 1.